The topological polar surface area (TPSA) is 55.7 Å². The zero-order chi connectivity index (χ0) is 19.1. The number of thiophene rings is 1. The summed E-state index contributed by atoms with van der Waals surface area (Å²) in [5.41, 5.74) is 7.18. The predicted octanol–water partition coefficient (Wildman–Crippen LogP) is 4.65. The first kappa shape index (κ1) is 20.2. The molecule has 1 unspecified atom stereocenters. The van der Waals surface area contributed by atoms with E-state index in [1.165, 1.54) is 36.8 Å². The number of phenolic OH excluding ortho intramolecular Hbond substituents is 2. The van der Waals surface area contributed by atoms with Gasteiger partial charge in [0.25, 0.3) is 0 Å². The van der Waals surface area contributed by atoms with Gasteiger partial charge in [-0.1, -0.05) is 32.3 Å². The SMILES string of the molecule is CCCCCCN(NCCc1ccsc1)C1CCc2c(ccc(O)c2O)C1. The van der Waals surface area contributed by atoms with Crippen molar-refractivity contribution in [2.24, 2.45) is 0 Å². The smallest absolute Gasteiger partial charge is 0.160 e. The molecule has 1 aromatic heterocycles. The third-order valence-electron chi connectivity index (χ3n) is 5.54. The van der Waals surface area contributed by atoms with Crippen molar-refractivity contribution in [1.82, 2.24) is 10.4 Å². The Balaban J connectivity index is 1.61. The number of fused-ring (bicyclic) bond motifs is 1. The molecule has 2 aromatic rings. The van der Waals surface area contributed by atoms with Crippen LogP contribution in [0.2, 0.25) is 0 Å². The zero-order valence-electron chi connectivity index (χ0n) is 16.3. The molecule has 1 atom stereocenters. The van der Waals surface area contributed by atoms with Crippen LogP contribution >= 0.6 is 11.3 Å². The Bertz CT molecular complexity index is 703. The lowest BCUT2D eigenvalue weighted by atomic mass is 9.87. The van der Waals surface area contributed by atoms with Crippen LogP contribution in [-0.2, 0) is 19.3 Å². The highest BCUT2D eigenvalue weighted by atomic mass is 32.1. The highest BCUT2D eigenvalue weighted by molar-refractivity contribution is 7.07. The quantitative estimate of drug-likeness (QED) is 0.315. The molecule has 5 heteroatoms. The Morgan fingerprint density at radius 3 is 2.85 bits per heavy atom. The molecule has 0 bridgehead atoms. The maximum Gasteiger partial charge on any atom is 0.160 e. The van der Waals surface area contributed by atoms with Crippen LogP contribution in [0.15, 0.2) is 29.0 Å². The molecule has 1 aliphatic rings. The van der Waals surface area contributed by atoms with Crippen LogP contribution in [0.25, 0.3) is 0 Å². The molecular weight excluding hydrogens is 356 g/mol. The number of aromatic hydroxyl groups is 2. The molecule has 3 N–H and O–H groups in total. The molecule has 27 heavy (non-hydrogen) atoms. The molecule has 0 amide bonds. The third-order valence-corrected chi connectivity index (χ3v) is 6.28. The summed E-state index contributed by atoms with van der Waals surface area (Å²) in [5, 5.41) is 26.7. The molecule has 0 saturated heterocycles. The van der Waals surface area contributed by atoms with E-state index >= 15 is 0 Å². The van der Waals surface area contributed by atoms with E-state index in [0.29, 0.717) is 6.04 Å². The molecule has 1 heterocycles. The first-order chi connectivity index (χ1) is 13.2. The maximum atomic E-state index is 10.1. The first-order valence-corrected chi connectivity index (χ1v) is 11.2. The second-order valence-corrected chi connectivity index (χ2v) is 8.29. The zero-order valence-corrected chi connectivity index (χ0v) is 17.1. The Labute approximate surface area is 166 Å². The van der Waals surface area contributed by atoms with Crippen LogP contribution < -0.4 is 5.43 Å². The summed E-state index contributed by atoms with van der Waals surface area (Å²) in [6.07, 6.45) is 8.83. The summed E-state index contributed by atoms with van der Waals surface area (Å²) in [7, 11) is 0. The summed E-state index contributed by atoms with van der Waals surface area (Å²) in [4.78, 5) is 0. The lowest BCUT2D eigenvalue weighted by Crippen LogP contribution is -2.49. The lowest BCUT2D eigenvalue weighted by Gasteiger charge is -2.36. The Morgan fingerprint density at radius 2 is 2.07 bits per heavy atom. The summed E-state index contributed by atoms with van der Waals surface area (Å²) < 4.78 is 0. The van der Waals surface area contributed by atoms with E-state index in [4.69, 9.17) is 0 Å². The summed E-state index contributed by atoms with van der Waals surface area (Å²) in [5.74, 6) is 0.0726. The standard InChI is InChI=1S/C22H32N2O2S/c1-2-3-4-5-13-24(23-12-10-17-11-14-27-16-17)19-7-8-20-18(15-19)6-9-21(25)22(20)26/h6,9,11,14,16,19,23,25-26H,2-5,7-8,10,12-13,15H2,1H3. The van der Waals surface area contributed by atoms with E-state index in [0.717, 1.165) is 44.3 Å². The lowest BCUT2D eigenvalue weighted by molar-refractivity contribution is 0.109. The summed E-state index contributed by atoms with van der Waals surface area (Å²) in [6.45, 7) is 4.26. The van der Waals surface area contributed by atoms with Gasteiger partial charge in [0.2, 0.25) is 0 Å². The second kappa shape index (κ2) is 10.1. The molecule has 4 nitrogen and oxygen atoms in total. The number of phenols is 2. The van der Waals surface area contributed by atoms with E-state index in [1.807, 2.05) is 6.07 Å². The van der Waals surface area contributed by atoms with E-state index in [2.05, 4.69) is 34.2 Å². The van der Waals surface area contributed by atoms with Crippen molar-refractivity contribution in [3.63, 3.8) is 0 Å². The highest BCUT2D eigenvalue weighted by Crippen LogP contribution is 2.36. The minimum Gasteiger partial charge on any atom is -0.504 e. The normalized spacial score (nSPS) is 16.6. The summed E-state index contributed by atoms with van der Waals surface area (Å²) in [6, 6.07) is 6.22. The van der Waals surface area contributed by atoms with E-state index < -0.39 is 0 Å². The van der Waals surface area contributed by atoms with Crippen molar-refractivity contribution < 1.29 is 10.2 Å². The van der Waals surface area contributed by atoms with E-state index in [-0.39, 0.29) is 11.5 Å². The minimum absolute atomic E-state index is 0.00231. The maximum absolute atomic E-state index is 10.1. The number of nitrogens with one attached hydrogen (secondary N) is 1. The number of rotatable bonds is 10. The van der Waals surface area contributed by atoms with Gasteiger partial charge < -0.3 is 10.2 Å². The van der Waals surface area contributed by atoms with Crippen molar-refractivity contribution >= 4 is 11.3 Å². The van der Waals surface area contributed by atoms with Gasteiger partial charge in [-0.05, 0) is 66.1 Å². The molecule has 1 aliphatic carbocycles. The second-order valence-electron chi connectivity index (χ2n) is 7.51. The summed E-state index contributed by atoms with van der Waals surface area (Å²) >= 11 is 1.76. The van der Waals surface area contributed by atoms with Gasteiger partial charge in [-0.25, -0.2) is 5.01 Å². The fourth-order valence-electron chi connectivity index (χ4n) is 3.95. The van der Waals surface area contributed by atoms with Crippen molar-refractivity contribution in [3.8, 4) is 11.5 Å². The molecule has 0 radical (unpaired) electrons. The molecule has 1 aromatic carbocycles. The number of nitrogens with zero attached hydrogens (tertiary/aromatic N) is 1. The molecule has 0 aliphatic heterocycles. The van der Waals surface area contributed by atoms with E-state index in [9.17, 15) is 10.2 Å². The van der Waals surface area contributed by atoms with Gasteiger partial charge in [-0.15, -0.1) is 0 Å². The Hall–Kier alpha value is -1.56. The third kappa shape index (κ3) is 5.47. The van der Waals surface area contributed by atoms with Crippen molar-refractivity contribution in [3.05, 3.63) is 45.6 Å². The van der Waals surface area contributed by atoms with Gasteiger partial charge in [0, 0.05) is 24.7 Å². The number of hydrogen-bond acceptors (Lipinski definition) is 5. The van der Waals surface area contributed by atoms with Gasteiger partial charge in [-0.2, -0.15) is 11.3 Å². The molecule has 0 fully saturated rings. The minimum atomic E-state index is -0.00231. The fraction of sp³-hybridized carbons (Fsp3) is 0.545. The average Bonchev–Trinajstić information content (AvgIpc) is 3.20. The van der Waals surface area contributed by atoms with Gasteiger partial charge >= 0.3 is 0 Å². The fourth-order valence-corrected chi connectivity index (χ4v) is 4.65. The largest absolute Gasteiger partial charge is 0.504 e. The van der Waals surface area contributed by atoms with Crippen LogP contribution in [0.4, 0.5) is 0 Å². The Kier molecular flexibility index (Phi) is 7.56. The van der Waals surface area contributed by atoms with Gasteiger partial charge in [0.15, 0.2) is 11.5 Å². The molecule has 0 spiro atoms. The van der Waals surface area contributed by atoms with Gasteiger partial charge in [0.1, 0.15) is 0 Å². The highest BCUT2D eigenvalue weighted by Gasteiger charge is 2.26. The molecular formula is C22H32N2O2S. The van der Waals surface area contributed by atoms with Crippen LogP contribution in [-0.4, -0.2) is 34.4 Å². The van der Waals surface area contributed by atoms with Crippen molar-refractivity contribution in [2.45, 2.75) is 64.3 Å². The molecule has 3 rings (SSSR count). The number of hydrogen-bond donors (Lipinski definition) is 3. The number of hydrazine groups is 1. The van der Waals surface area contributed by atoms with Crippen LogP contribution in [0.5, 0.6) is 11.5 Å². The van der Waals surface area contributed by atoms with Crippen molar-refractivity contribution in [2.75, 3.05) is 13.1 Å². The monoisotopic (exact) mass is 388 g/mol. The number of benzene rings is 1. The van der Waals surface area contributed by atoms with E-state index in [1.54, 1.807) is 17.4 Å². The Morgan fingerprint density at radius 1 is 1.19 bits per heavy atom. The van der Waals surface area contributed by atoms with Crippen LogP contribution in [0, 0.1) is 0 Å². The molecule has 148 valence electrons. The van der Waals surface area contributed by atoms with Gasteiger partial charge in [0.05, 0.1) is 0 Å². The average molecular weight is 389 g/mol. The predicted molar refractivity (Wildman–Crippen MR) is 112 cm³/mol. The molecule has 0 saturated carbocycles. The van der Waals surface area contributed by atoms with Gasteiger partial charge in [-0.3, -0.25) is 5.43 Å². The number of unbranched alkanes of at least 4 members (excludes halogenated alkanes) is 3. The first-order valence-electron chi connectivity index (χ1n) is 10.2. The van der Waals surface area contributed by atoms with Crippen LogP contribution in [0.3, 0.4) is 0 Å². The van der Waals surface area contributed by atoms with Crippen LogP contribution in [0.1, 0.15) is 55.7 Å². The van der Waals surface area contributed by atoms with Crippen molar-refractivity contribution in [1.29, 1.82) is 0 Å².